The predicted octanol–water partition coefficient (Wildman–Crippen LogP) is 3.37. The Morgan fingerprint density at radius 2 is 1.87 bits per heavy atom. The molecule has 0 fully saturated rings. The third-order valence-electron chi connectivity index (χ3n) is 2.05. The lowest BCUT2D eigenvalue weighted by atomic mass is 9.91. The smallest absolute Gasteiger partial charge is 0.317 e. The van der Waals surface area contributed by atoms with Gasteiger partial charge in [0.05, 0.1) is 5.41 Å². The highest BCUT2D eigenvalue weighted by molar-refractivity contribution is 7.10. The molecule has 3 heteroatoms. The van der Waals surface area contributed by atoms with Crippen molar-refractivity contribution in [3.63, 3.8) is 0 Å². The molecule has 0 aliphatic rings. The molecule has 1 heterocycles. The second-order valence-corrected chi connectivity index (χ2v) is 6.05. The summed E-state index contributed by atoms with van der Waals surface area (Å²) in [7, 11) is 0. The van der Waals surface area contributed by atoms with Crippen LogP contribution in [0.5, 0.6) is 0 Å². The maximum absolute atomic E-state index is 12.0. The summed E-state index contributed by atoms with van der Waals surface area (Å²) in [6.07, 6.45) is 0. The summed E-state index contributed by atoms with van der Waals surface area (Å²) >= 11 is 1.58. The average molecular weight is 226 g/mol. The van der Waals surface area contributed by atoms with Crippen LogP contribution in [0.15, 0.2) is 17.5 Å². The minimum atomic E-state index is -0.554. The van der Waals surface area contributed by atoms with E-state index in [2.05, 4.69) is 0 Å². The highest BCUT2D eigenvalue weighted by Crippen LogP contribution is 2.30. The van der Waals surface area contributed by atoms with Crippen molar-refractivity contribution in [3.8, 4) is 0 Å². The van der Waals surface area contributed by atoms with Gasteiger partial charge in [-0.2, -0.15) is 0 Å². The Balaban J connectivity index is 2.83. The number of ether oxygens (including phenoxy) is 1. The number of hydrogen-bond donors (Lipinski definition) is 0. The van der Waals surface area contributed by atoms with Crippen molar-refractivity contribution in [1.82, 2.24) is 0 Å². The number of carbonyl (C=O) groups is 1. The molecular formula is C12H18O2S. The van der Waals surface area contributed by atoms with Gasteiger partial charge < -0.3 is 4.74 Å². The largest absolute Gasteiger partial charge is 0.459 e. The molecule has 0 amide bonds. The molecule has 0 radical (unpaired) electrons. The maximum atomic E-state index is 12.0. The third-order valence-corrected chi connectivity index (χ3v) is 3.24. The van der Waals surface area contributed by atoms with Gasteiger partial charge in [-0.1, -0.05) is 6.07 Å². The van der Waals surface area contributed by atoms with Crippen LogP contribution in [0.3, 0.4) is 0 Å². The first-order chi connectivity index (χ1) is 6.73. The van der Waals surface area contributed by atoms with Gasteiger partial charge in [0.2, 0.25) is 0 Å². The van der Waals surface area contributed by atoms with Crippen LogP contribution in [0.2, 0.25) is 0 Å². The molecule has 1 aromatic rings. The van der Waals surface area contributed by atoms with Crippen molar-refractivity contribution >= 4 is 17.3 Å². The molecule has 0 bridgehead atoms. The molecule has 15 heavy (non-hydrogen) atoms. The zero-order valence-electron chi connectivity index (χ0n) is 9.96. The first kappa shape index (κ1) is 12.2. The van der Waals surface area contributed by atoms with Gasteiger partial charge in [-0.3, -0.25) is 4.79 Å². The van der Waals surface area contributed by atoms with E-state index in [4.69, 9.17) is 4.74 Å². The van der Waals surface area contributed by atoms with E-state index in [9.17, 15) is 4.79 Å². The average Bonchev–Trinajstić information content (AvgIpc) is 2.52. The van der Waals surface area contributed by atoms with Crippen LogP contribution in [0.1, 0.15) is 39.5 Å². The molecule has 0 aliphatic heterocycles. The molecule has 2 nitrogen and oxygen atoms in total. The summed E-state index contributed by atoms with van der Waals surface area (Å²) in [5, 5.41) is 1.97. The van der Waals surface area contributed by atoms with Crippen LogP contribution < -0.4 is 0 Å². The lowest BCUT2D eigenvalue weighted by molar-refractivity contribution is -0.160. The molecule has 0 spiro atoms. The standard InChI is InChI=1S/C12H18O2S/c1-11(2,3)14-10(13)12(4,5)9-7-6-8-15-9/h6-8H,1-5H3. The summed E-state index contributed by atoms with van der Waals surface area (Å²) < 4.78 is 5.39. The number of thiophene rings is 1. The highest BCUT2D eigenvalue weighted by atomic mass is 32.1. The van der Waals surface area contributed by atoms with Crippen molar-refractivity contribution in [2.75, 3.05) is 0 Å². The van der Waals surface area contributed by atoms with Crippen molar-refractivity contribution in [3.05, 3.63) is 22.4 Å². The molecule has 0 unspecified atom stereocenters. The van der Waals surface area contributed by atoms with Gasteiger partial charge >= 0.3 is 5.97 Å². The molecule has 0 saturated carbocycles. The third kappa shape index (κ3) is 3.06. The van der Waals surface area contributed by atoms with E-state index >= 15 is 0 Å². The van der Waals surface area contributed by atoms with Gasteiger partial charge in [-0.05, 0) is 46.1 Å². The molecular weight excluding hydrogens is 208 g/mol. The van der Waals surface area contributed by atoms with E-state index in [0.29, 0.717) is 0 Å². The molecule has 0 N–H and O–H groups in total. The molecule has 0 saturated heterocycles. The van der Waals surface area contributed by atoms with Gasteiger partial charge in [0.25, 0.3) is 0 Å². The maximum Gasteiger partial charge on any atom is 0.317 e. The highest BCUT2D eigenvalue weighted by Gasteiger charge is 2.34. The normalized spacial score (nSPS) is 12.6. The topological polar surface area (TPSA) is 26.3 Å². The molecule has 0 aromatic carbocycles. The molecule has 0 aliphatic carbocycles. The molecule has 0 atom stereocenters. The van der Waals surface area contributed by atoms with Gasteiger partial charge in [-0.15, -0.1) is 11.3 Å². The van der Waals surface area contributed by atoms with E-state index in [1.54, 1.807) is 11.3 Å². The quantitative estimate of drug-likeness (QED) is 0.723. The second kappa shape index (κ2) is 3.97. The Labute approximate surface area is 95.3 Å². The fourth-order valence-electron chi connectivity index (χ4n) is 1.14. The van der Waals surface area contributed by atoms with Crippen LogP contribution in [0.25, 0.3) is 0 Å². The number of hydrogen-bond acceptors (Lipinski definition) is 3. The Hall–Kier alpha value is -0.830. The zero-order valence-corrected chi connectivity index (χ0v) is 10.8. The predicted molar refractivity (Wildman–Crippen MR) is 63.2 cm³/mol. The summed E-state index contributed by atoms with van der Waals surface area (Å²) in [5.41, 5.74) is -0.979. The fraction of sp³-hybridized carbons (Fsp3) is 0.583. The SMILES string of the molecule is CC(C)(C)OC(=O)C(C)(C)c1cccs1. The monoisotopic (exact) mass is 226 g/mol. The summed E-state index contributed by atoms with van der Waals surface area (Å²) in [5.74, 6) is -0.169. The fourth-order valence-corrected chi connectivity index (χ4v) is 1.98. The van der Waals surface area contributed by atoms with Gasteiger partial charge in [-0.25, -0.2) is 0 Å². The van der Waals surface area contributed by atoms with Crippen LogP contribution in [-0.2, 0) is 14.9 Å². The Morgan fingerprint density at radius 3 is 2.27 bits per heavy atom. The first-order valence-corrected chi connectivity index (χ1v) is 5.89. The van der Waals surface area contributed by atoms with E-state index < -0.39 is 11.0 Å². The first-order valence-electron chi connectivity index (χ1n) is 5.01. The van der Waals surface area contributed by atoms with E-state index in [1.807, 2.05) is 52.1 Å². The second-order valence-electron chi connectivity index (χ2n) is 5.10. The minimum absolute atomic E-state index is 0.169. The molecule has 1 rings (SSSR count). The van der Waals surface area contributed by atoms with Crippen molar-refractivity contribution in [2.45, 2.75) is 45.6 Å². The van der Waals surface area contributed by atoms with Gasteiger partial charge in [0.1, 0.15) is 5.60 Å². The lowest BCUT2D eigenvalue weighted by Crippen LogP contribution is -2.36. The van der Waals surface area contributed by atoms with Crippen LogP contribution in [0.4, 0.5) is 0 Å². The van der Waals surface area contributed by atoms with Crippen LogP contribution in [-0.4, -0.2) is 11.6 Å². The summed E-state index contributed by atoms with van der Waals surface area (Å²) in [6, 6.07) is 3.92. The molecule has 1 aromatic heterocycles. The van der Waals surface area contributed by atoms with E-state index in [1.165, 1.54) is 0 Å². The van der Waals surface area contributed by atoms with Gasteiger partial charge in [0.15, 0.2) is 0 Å². The van der Waals surface area contributed by atoms with E-state index in [-0.39, 0.29) is 5.97 Å². The summed E-state index contributed by atoms with van der Waals surface area (Å²) in [6.45, 7) is 9.44. The zero-order chi connectivity index (χ0) is 11.7. The van der Waals surface area contributed by atoms with Crippen molar-refractivity contribution < 1.29 is 9.53 Å². The Morgan fingerprint density at radius 1 is 1.27 bits per heavy atom. The number of rotatable bonds is 2. The Bertz CT molecular complexity index is 331. The van der Waals surface area contributed by atoms with E-state index in [0.717, 1.165) is 4.88 Å². The van der Waals surface area contributed by atoms with Crippen molar-refractivity contribution in [2.24, 2.45) is 0 Å². The van der Waals surface area contributed by atoms with Crippen LogP contribution in [0, 0.1) is 0 Å². The van der Waals surface area contributed by atoms with Gasteiger partial charge in [0, 0.05) is 4.88 Å². The lowest BCUT2D eigenvalue weighted by Gasteiger charge is -2.27. The number of esters is 1. The number of carbonyl (C=O) groups excluding carboxylic acids is 1. The Kier molecular flexibility index (Phi) is 3.24. The minimum Gasteiger partial charge on any atom is -0.459 e. The molecule has 84 valence electrons. The van der Waals surface area contributed by atoms with Crippen LogP contribution >= 0.6 is 11.3 Å². The summed E-state index contributed by atoms with van der Waals surface area (Å²) in [4.78, 5) is 13.0. The van der Waals surface area contributed by atoms with Crippen molar-refractivity contribution in [1.29, 1.82) is 0 Å².